The zero-order chi connectivity index (χ0) is 12.4. The number of rotatable bonds is 5. The first-order valence-corrected chi connectivity index (χ1v) is 7.58. The van der Waals surface area contributed by atoms with Gasteiger partial charge >= 0.3 is 0 Å². The Kier molecular flexibility index (Phi) is 5.50. The van der Waals surface area contributed by atoms with Crippen LogP contribution < -0.4 is 0 Å². The smallest absolute Gasteiger partial charge is 0 e. The van der Waals surface area contributed by atoms with Crippen LogP contribution in [0.2, 0.25) is 0 Å². The normalized spacial score (nSPS) is 13.5. The second-order valence-corrected chi connectivity index (χ2v) is 5.73. The Morgan fingerprint density at radius 1 is 1.05 bits per heavy atom. The number of hydrogen-bond acceptors (Lipinski definition) is 0. The molecule has 0 unspecified atom stereocenters. The number of hydrogen-bond donors (Lipinski definition) is 0. The minimum absolute atomic E-state index is 0. The van der Waals surface area contributed by atoms with Crippen molar-refractivity contribution in [3.63, 3.8) is 0 Å². The number of fused-ring (bicyclic) bond motifs is 2. The van der Waals surface area contributed by atoms with Gasteiger partial charge in [-0.15, -0.1) is 34.5 Å². The molecule has 2 aromatic rings. The third-order valence-corrected chi connectivity index (χ3v) is 4.37. The molecule has 0 amide bonds. The predicted molar refractivity (Wildman–Crippen MR) is 79.4 cm³/mol. The summed E-state index contributed by atoms with van der Waals surface area (Å²) in [4.78, 5) is 0. The summed E-state index contributed by atoms with van der Waals surface area (Å²) in [6, 6.07) is 9.59. The van der Waals surface area contributed by atoms with E-state index in [9.17, 15) is 0 Å². The van der Waals surface area contributed by atoms with Gasteiger partial charge < -0.3 is 0 Å². The van der Waals surface area contributed by atoms with Gasteiger partial charge in [0.05, 0.1) is 0 Å². The number of benzene rings is 1. The molecule has 1 aliphatic rings. The molecule has 0 atom stereocenters. The molecule has 0 bridgehead atoms. The summed E-state index contributed by atoms with van der Waals surface area (Å²) < 4.78 is 0. The van der Waals surface area contributed by atoms with Gasteiger partial charge in [0, 0.05) is 25.8 Å². The summed E-state index contributed by atoms with van der Waals surface area (Å²) >= 11 is 0. The topological polar surface area (TPSA) is 0 Å². The van der Waals surface area contributed by atoms with E-state index >= 15 is 0 Å². The third-order valence-electron chi connectivity index (χ3n) is 4.37. The Morgan fingerprint density at radius 3 is 2.63 bits per heavy atom. The average molecular weight is 418 g/mol. The van der Waals surface area contributed by atoms with Gasteiger partial charge in [-0.3, -0.25) is 0 Å². The largest absolute Gasteiger partial charge is 0.168 e. The first-order valence-electron chi connectivity index (χ1n) is 7.58. The SMILES string of the molecule is CCCCCC[c-]1ccc2cc3c(cc21)CCC3.[Hf]. The van der Waals surface area contributed by atoms with Crippen LogP contribution in [-0.4, -0.2) is 0 Å². The molecule has 0 saturated heterocycles. The Hall–Kier alpha value is -0.300. The fourth-order valence-corrected chi connectivity index (χ4v) is 3.30. The van der Waals surface area contributed by atoms with Crippen LogP contribution in [0.15, 0.2) is 24.3 Å². The second kappa shape index (κ2) is 6.92. The van der Waals surface area contributed by atoms with Crippen molar-refractivity contribution in [2.75, 3.05) is 0 Å². The standard InChI is InChI=1S/C18H23.Hf/c1-2-3-4-5-7-14-10-11-17-12-15-8-6-9-16(15)13-18(14)17;/h10-13H,2-9H2,1H3;/q-1;. The minimum Gasteiger partial charge on any atom is -0.168 e. The van der Waals surface area contributed by atoms with Gasteiger partial charge in [-0.1, -0.05) is 50.2 Å². The molecule has 1 aliphatic carbocycles. The van der Waals surface area contributed by atoms with E-state index in [1.807, 2.05) is 0 Å². The molecule has 1 heteroatoms. The Balaban J connectivity index is 0.00000133. The van der Waals surface area contributed by atoms with Crippen LogP contribution in [0.25, 0.3) is 10.8 Å². The summed E-state index contributed by atoms with van der Waals surface area (Å²) in [7, 11) is 0. The van der Waals surface area contributed by atoms with E-state index in [0.717, 1.165) is 0 Å². The molecule has 0 N–H and O–H groups in total. The van der Waals surface area contributed by atoms with Crippen LogP contribution in [-0.2, 0) is 45.1 Å². The van der Waals surface area contributed by atoms with Crippen LogP contribution in [0.4, 0.5) is 0 Å². The molecule has 100 valence electrons. The maximum absolute atomic E-state index is 2.48. The molecule has 3 rings (SSSR count). The van der Waals surface area contributed by atoms with E-state index in [4.69, 9.17) is 0 Å². The van der Waals surface area contributed by atoms with Gasteiger partial charge in [0.25, 0.3) is 0 Å². The zero-order valence-electron chi connectivity index (χ0n) is 12.0. The van der Waals surface area contributed by atoms with Crippen molar-refractivity contribution in [1.82, 2.24) is 0 Å². The van der Waals surface area contributed by atoms with E-state index in [1.165, 1.54) is 62.1 Å². The third kappa shape index (κ3) is 3.24. The van der Waals surface area contributed by atoms with Crippen molar-refractivity contribution in [2.45, 2.75) is 58.3 Å². The van der Waals surface area contributed by atoms with E-state index in [-0.39, 0.29) is 25.8 Å². The van der Waals surface area contributed by atoms with Gasteiger partial charge in [-0.05, 0) is 19.3 Å². The fourth-order valence-electron chi connectivity index (χ4n) is 3.30. The first kappa shape index (κ1) is 15.1. The van der Waals surface area contributed by atoms with Crippen molar-refractivity contribution < 1.29 is 25.8 Å². The molecule has 2 aromatic carbocycles. The maximum Gasteiger partial charge on any atom is 0 e. The molecular weight excluding hydrogens is 395 g/mol. The van der Waals surface area contributed by atoms with Crippen LogP contribution in [0.5, 0.6) is 0 Å². The van der Waals surface area contributed by atoms with E-state index in [1.54, 1.807) is 16.7 Å². The maximum atomic E-state index is 2.48. The molecule has 0 radical (unpaired) electrons. The van der Waals surface area contributed by atoms with Crippen molar-refractivity contribution >= 4 is 10.8 Å². The zero-order valence-corrected chi connectivity index (χ0v) is 15.6. The van der Waals surface area contributed by atoms with Gasteiger partial charge in [0.1, 0.15) is 0 Å². The number of aryl methyl sites for hydroxylation is 3. The Labute approximate surface area is 135 Å². The Morgan fingerprint density at radius 2 is 1.84 bits per heavy atom. The van der Waals surface area contributed by atoms with Crippen molar-refractivity contribution in [3.8, 4) is 0 Å². The molecule has 0 fully saturated rings. The van der Waals surface area contributed by atoms with Crippen molar-refractivity contribution in [2.24, 2.45) is 0 Å². The molecule has 0 aromatic heterocycles. The summed E-state index contributed by atoms with van der Waals surface area (Å²) in [5.74, 6) is 0. The van der Waals surface area contributed by atoms with Crippen LogP contribution in [0.3, 0.4) is 0 Å². The first-order chi connectivity index (χ1) is 8.88. The summed E-state index contributed by atoms with van der Waals surface area (Å²) in [5.41, 5.74) is 4.80. The number of unbranched alkanes of at least 4 members (excludes halogenated alkanes) is 3. The van der Waals surface area contributed by atoms with Gasteiger partial charge in [-0.2, -0.15) is 6.07 Å². The van der Waals surface area contributed by atoms with E-state index in [0.29, 0.717) is 0 Å². The minimum atomic E-state index is 0. The molecule has 0 heterocycles. The van der Waals surface area contributed by atoms with Crippen LogP contribution in [0.1, 0.15) is 55.7 Å². The Bertz CT molecular complexity index is 536. The predicted octanol–water partition coefficient (Wildman–Crippen LogP) is 5.17. The molecule has 0 aliphatic heterocycles. The van der Waals surface area contributed by atoms with Gasteiger partial charge in [0.2, 0.25) is 0 Å². The van der Waals surface area contributed by atoms with Gasteiger partial charge in [-0.25, -0.2) is 0 Å². The second-order valence-electron chi connectivity index (χ2n) is 5.73. The van der Waals surface area contributed by atoms with E-state index in [2.05, 4.69) is 31.2 Å². The fraction of sp³-hybridized carbons (Fsp3) is 0.500. The summed E-state index contributed by atoms with van der Waals surface area (Å²) in [6.07, 6.45) is 10.7. The van der Waals surface area contributed by atoms with Crippen LogP contribution in [0, 0.1) is 0 Å². The molecular formula is C18H23Hf-. The molecule has 0 nitrogen and oxygen atoms in total. The quantitative estimate of drug-likeness (QED) is 0.358. The summed E-state index contributed by atoms with van der Waals surface area (Å²) in [6.45, 7) is 2.28. The molecule has 19 heavy (non-hydrogen) atoms. The molecule has 0 saturated carbocycles. The average Bonchev–Trinajstić information content (AvgIpc) is 2.98. The van der Waals surface area contributed by atoms with Crippen molar-refractivity contribution in [1.29, 1.82) is 0 Å². The summed E-state index contributed by atoms with van der Waals surface area (Å²) in [5, 5.41) is 3.01. The van der Waals surface area contributed by atoms with Gasteiger partial charge in [0.15, 0.2) is 0 Å². The monoisotopic (exact) mass is 419 g/mol. The van der Waals surface area contributed by atoms with Crippen LogP contribution >= 0.6 is 0 Å². The van der Waals surface area contributed by atoms with Crippen molar-refractivity contribution in [3.05, 3.63) is 41.0 Å². The molecule has 0 spiro atoms. The van der Waals surface area contributed by atoms with E-state index < -0.39 is 0 Å².